The number of halogens is 1. The second kappa shape index (κ2) is 8.88. The summed E-state index contributed by atoms with van der Waals surface area (Å²) < 4.78 is 0. The Morgan fingerprint density at radius 3 is 2.61 bits per heavy atom. The minimum absolute atomic E-state index is 0. The van der Waals surface area contributed by atoms with Gasteiger partial charge in [0.1, 0.15) is 0 Å². The van der Waals surface area contributed by atoms with Crippen LogP contribution in [0.2, 0.25) is 0 Å². The van der Waals surface area contributed by atoms with E-state index in [4.69, 9.17) is 0 Å². The Morgan fingerprint density at radius 2 is 1.91 bits per heavy atom. The minimum Gasteiger partial charge on any atom is -0.355 e. The maximum Gasteiger partial charge on any atom is 0.193 e. The van der Waals surface area contributed by atoms with E-state index in [0.717, 1.165) is 12.5 Å². The summed E-state index contributed by atoms with van der Waals surface area (Å²) in [6, 6.07) is 0.693. The first-order chi connectivity index (χ1) is 10.8. The number of nitrogens with zero attached hydrogens (tertiary/aromatic N) is 3. The fraction of sp³-hybridized carbons (Fsp3) is 0.944. The molecule has 1 saturated carbocycles. The van der Waals surface area contributed by atoms with Gasteiger partial charge in [0.05, 0.1) is 0 Å². The van der Waals surface area contributed by atoms with Gasteiger partial charge >= 0.3 is 0 Å². The van der Waals surface area contributed by atoms with Crippen molar-refractivity contribution < 1.29 is 0 Å². The zero-order valence-corrected chi connectivity index (χ0v) is 17.3. The van der Waals surface area contributed by atoms with Crippen molar-refractivity contribution in [3.63, 3.8) is 0 Å². The van der Waals surface area contributed by atoms with Crippen molar-refractivity contribution in [2.45, 2.75) is 64.3 Å². The molecule has 4 nitrogen and oxygen atoms in total. The van der Waals surface area contributed by atoms with Crippen LogP contribution in [0.15, 0.2) is 4.99 Å². The number of nitrogens with one attached hydrogen (secondary N) is 1. The summed E-state index contributed by atoms with van der Waals surface area (Å²) in [5.74, 6) is 1.14. The van der Waals surface area contributed by atoms with Crippen LogP contribution in [0.3, 0.4) is 0 Å². The molecule has 23 heavy (non-hydrogen) atoms. The second-order valence-electron chi connectivity index (χ2n) is 7.58. The number of aliphatic imine (C=N–C) groups is 1. The number of guanidine groups is 1. The predicted molar refractivity (Wildman–Crippen MR) is 109 cm³/mol. The number of rotatable bonds is 3. The lowest BCUT2D eigenvalue weighted by Crippen LogP contribution is -2.49. The van der Waals surface area contributed by atoms with E-state index in [9.17, 15) is 0 Å². The average molecular weight is 434 g/mol. The van der Waals surface area contributed by atoms with Crippen LogP contribution in [0.1, 0.15) is 58.3 Å². The first kappa shape index (κ1) is 19.3. The molecule has 0 aromatic carbocycles. The van der Waals surface area contributed by atoms with E-state index in [1.807, 2.05) is 7.05 Å². The van der Waals surface area contributed by atoms with E-state index in [2.05, 4.69) is 27.0 Å². The Kier molecular flexibility index (Phi) is 7.45. The highest BCUT2D eigenvalue weighted by atomic mass is 127. The Labute approximate surface area is 159 Å². The molecule has 0 aromatic rings. The maximum atomic E-state index is 4.57. The van der Waals surface area contributed by atoms with Gasteiger partial charge in [-0.05, 0) is 50.6 Å². The molecule has 1 atom stereocenters. The van der Waals surface area contributed by atoms with E-state index in [1.54, 1.807) is 0 Å². The van der Waals surface area contributed by atoms with Crippen LogP contribution in [0.5, 0.6) is 0 Å². The molecule has 5 heteroatoms. The van der Waals surface area contributed by atoms with Crippen LogP contribution in [-0.4, -0.2) is 61.6 Å². The third kappa shape index (κ3) is 4.53. The molecule has 1 N–H and O–H groups in total. The van der Waals surface area contributed by atoms with Gasteiger partial charge in [0, 0.05) is 32.7 Å². The van der Waals surface area contributed by atoms with Crippen LogP contribution in [0, 0.1) is 5.41 Å². The summed E-state index contributed by atoms with van der Waals surface area (Å²) in [5, 5.41) is 3.69. The van der Waals surface area contributed by atoms with E-state index in [0.29, 0.717) is 11.5 Å². The number of piperidine rings is 1. The molecule has 0 bridgehead atoms. The fourth-order valence-corrected chi connectivity index (χ4v) is 4.90. The molecule has 2 saturated heterocycles. The summed E-state index contributed by atoms with van der Waals surface area (Å²) >= 11 is 0. The molecular weight excluding hydrogens is 399 g/mol. The van der Waals surface area contributed by atoms with Crippen LogP contribution < -0.4 is 5.32 Å². The summed E-state index contributed by atoms with van der Waals surface area (Å²) in [7, 11) is 1.94. The summed E-state index contributed by atoms with van der Waals surface area (Å²) in [5.41, 5.74) is 0.623. The molecule has 1 spiro atoms. The lowest BCUT2D eigenvalue weighted by molar-refractivity contribution is 0.156. The molecule has 0 aromatic heterocycles. The molecule has 1 unspecified atom stereocenters. The molecule has 0 radical (unpaired) electrons. The zero-order chi connectivity index (χ0) is 15.4. The number of likely N-dealkylation sites (tertiary alicyclic amines) is 2. The lowest BCUT2D eigenvalue weighted by atomic mass is 9.86. The first-order valence-corrected chi connectivity index (χ1v) is 9.46. The third-order valence-electron chi connectivity index (χ3n) is 6.26. The molecule has 2 aliphatic heterocycles. The van der Waals surface area contributed by atoms with Crippen molar-refractivity contribution in [1.82, 2.24) is 15.1 Å². The largest absolute Gasteiger partial charge is 0.355 e. The summed E-state index contributed by atoms with van der Waals surface area (Å²) in [4.78, 5) is 9.72. The molecule has 0 amide bonds. The Balaban J connectivity index is 0.00000192. The molecule has 1 aliphatic carbocycles. The van der Waals surface area contributed by atoms with Crippen molar-refractivity contribution in [3.8, 4) is 0 Å². The van der Waals surface area contributed by atoms with Crippen molar-refractivity contribution in [2.24, 2.45) is 10.4 Å². The van der Waals surface area contributed by atoms with Gasteiger partial charge in [-0.1, -0.05) is 26.2 Å². The SMILES string of the molecule is CCN1CCCCC1CNC(=NC)N1CCC2(CCCC2)C1.I. The third-order valence-corrected chi connectivity index (χ3v) is 6.26. The van der Waals surface area contributed by atoms with Crippen molar-refractivity contribution in [2.75, 3.05) is 39.8 Å². The molecule has 3 aliphatic rings. The van der Waals surface area contributed by atoms with E-state index >= 15 is 0 Å². The maximum absolute atomic E-state index is 4.57. The van der Waals surface area contributed by atoms with Crippen molar-refractivity contribution >= 4 is 29.9 Å². The topological polar surface area (TPSA) is 30.9 Å². The van der Waals surface area contributed by atoms with Gasteiger partial charge < -0.3 is 10.2 Å². The Bertz CT molecular complexity index is 392. The van der Waals surface area contributed by atoms with Crippen LogP contribution in [0.25, 0.3) is 0 Å². The standard InChI is InChI=1S/C18H34N4.HI/c1-3-21-12-7-4-8-16(21)14-20-17(19-2)22-13-11-18(15-22)9-5-6-10-18;/h16H,3-15H2,1-2H3,(H,19,20);1H. The normalized spacial score (nSPS) is 28.2. The van der Waals surface area contributed by atoms with E-state index in [1.165, 1.54) is 77.5 Å². The molecule has 2 heterocycles. The summed E-state index contributed by atoms with van der Waals surface area (Å²) in [6.07, 6.45) is 11.2. The zero-order valence-electron chi connectivity index (χ0n) is 15.0. The number of hydrogen-bond acceptors (Lipinski definition) is 2. The number of hydrogen-bond donors (Lipinski definition) is 1. The van der Waals surface area contributed by atoms with Gasteiger partial charge in [0.15, 0.2) is 5.96 Å². The Morgan fingerprint density at radius 1 is 1.13 bits per heavy atom. The van der Waals surface area contributed by atoms with E-state index < -0.39 is 0 Å². The van der Waals surface area contributed by atoms with Gasteiger partial charge in [0.2, 0.25) is 0 Å². The quantitative estimate of drug-likeness (QED) is 0.420. The highest BCUT2D eigenvalue weighted by Gasteiger charge is 2.41. The molecule has 3 rings (SSSR count). The van der Waals surface area contributed by atoms with Gasteiger partial charge in [-0.25, -0.2) is 0 Å². The number of likely N-dealkylation sites (N-methyl/N-ethyl adjacent to an activating group) is 1. The van der Waals surface area contributed by atoms with Crippen LogP contribution >= 0.6 is 24.0 Å². The Hall–Kier alpha value is -0.0400. The van der Waals surface area contributed by atoms with Gasteiger partial charge in [-0.15, -0.1) is 24.0 Å². The monoisotopic (exact) mass is 434 g/mol. The highest BCUT2D eigenvalue weighted by Crippen LogP contribution is 2.45. The van der Waals surface area contributed by atoms with Crippen LogP contribution in [0.4, 0.5) is 0 Å². The van der Waals surface area contributed by atoms with Gasteiger partial charge in [-0.2, -0.15) is 0 Å². The van der Waals surface area contributed by atoms with Crippen LogP contribution in [-0.2, 0) is 0 Å². The summed E-state index contributed by atoms with van der Waals surface area (Å²) in [6.45, 7) is 8.23. The molecule has 134 valence electrons. The fourth-order valence-electron chi connectivity index (χ4n) is 4.90. The molecular formula is C18H35IN4. The van der Waals surface area contributed by atoms with Crippen molar-refractivity contribution in [1.29, 1.82) is 0 Å². The van der Waals surface area contributed by atoms with Gasteiger partial charge in [0.25, 0.3) is 0 Å². The lowest BCUT2D eigenvalue weighted by Gasteiger charge is -2.36. The highest BCUT2D eigenvalue weighted by molar-refractivity contribution is 14.0. The minimum atomic E-state index is 0. The second-order valence-corrected chi connectivity index (χ2v) is 7.58. The predicted octanol–water partition coefficient (Wildman–Crippen LogP) is 3.32. The van der Waals surface area contributed by atoms with E-state index in [-0.39, 0.29) is 24.0 Å². The first-order valence-electron chi connectivity index (χ1n) is 9.46. The smallest absolute Gasteiger partial charge is 0.193 e. The average Bonchev–Trinajstić information content (AvgIpc) is 3.19. The van der Waals surface area contributed by atoms with Gasteiger partial charge in [-0.3, -0.25) is 9.89 Å². The molecule has 3 fully saturated rings. The van der Waals surface area contributed by atoms with Crippen molar-refractivity contribution in [3.05, 3.63) is 0 Å².